The van der Waals surface area contributed by atoms with Gasteiger partial charge in [-0.05, 0) is 50.6 Å². The third kappa shape index (κ3) is 5.88. The summed E-state index contributed by atoms with van der Waals surface area (Å²) in [6.45, 7) is 4.79. The van der Waals surface area contributed by atoms with Gasteiger partial charge in [0.1, 0.15) is 0 Å². The minimum absolute atomic E-state index is 0. The summed E-state index contributed by atoms with van der Waals surface area (Å²) in [5.41, 5.74) is 2.49. The van der Waals surface area contributed by atoms with Gasteiger partial charge < -0.3 is 14.8 Å². The second-order valence-corrected chi connectivity index (χ2v) is 6.91. The summed E-state index contributed by atoms with van der Waals surface area (Å²) in [7, 11) is 1.59. The van der Waals surface area contributed by atoms with Gasteiger partial charge in [0.05, 0.1) is 13.2 Å². The molecule has 1 fully saturated rings. The van der Waals surface area contributed by atoms with E-state index in [9.17, 15) is 4.79 Å². The monoisotopic (exact) mass is 404 g/mol. The molecule has 1 unspecified atom stereocenters. The summed E-state index contributed by atoms with van der Waals surface area (Å²) in [6.07, 6.45) is 2.43. The summed E-state index contributed by atoms with van der Waals surface area (Å²) in [5.74, 6) is 1.07. The lowest BCUT2D eigenvalue weighted by Crippen LogP contribution is -2.38. The minimum Gasteiger partial charge on any atom is -0.493 e. The lowest BCUT2D eigenvalue weighted by Gasteiger charge is -2.28. The first kappa shape index (κ1) is 22.1. The highest BCUT2D eigenvalue weighted by atomic mass is 35.5. The van der Waals surface area contributed by atoms with Crippen LogP contribution in [0.5, 0.6) is 11.5 Å². The van der Waals surface area contributed by atoms with Crippen molar-refractivity contribution >= 4 is 18.3 Å². The fourth-order valence-corrected chi connectivity index (χ4v) is 3.44. The molecule has 0 bridgehead atoms. The van der Waals surface area contributed by atoms with Gasteiger partial charge in [-0.15, -0.1) is 12.4 Å². The van der Waals surface area contributed by atoms with Crippen molar-refractivity contribution in [3.63, 3.8) is 0 Å². The van der Waals surface area contributed by atoms with E-state index in [2.05, 4.69) is 41.4 Å². The Balaban J connectivity index is 0.00000280. The molecule has 152 valence electrons. The number of nitrogens with one attached hydrogen (secondary N) is 1. The van der Waals surface area contributed by atoms with Crippen molar-refractivity contribution in [3.8, 4) is 11.5 Å². The lowest BCUT2D eigenvalue weighted by molar-refractivity contribution is -0.123. The topological polar surface area (TPSA) is 50.8 Å². The van der Waals surface area contributed by atoms with E-state index >= 15 is 0 Å². The second-order valence-electron chi connectivity index (χ2n) is 6.91. The molecule has 0 aliphatic carbocycles. The zero-order valence-corrected chi connectivity index (χ0v) is 17.3. The first-order valence-corrected chi connectivity index (χ1v) is 9.50. The number of benzene rings is 2. The molecule has 0 aromatic heterocycles. The number of rotatable bonds is 8. The molecular weight excluding hydrogens is 376 g/mol. The molecule has 0 radical (unpaired) electrons. The molecule has 1 aliphatic heterocycles. The summed E-state index contributed by atoms with van der Waals surface area (Å²) >= 11 is 0. The maximum absolute atomic E-state index is 12.3. The predicted octanol–water partition coefficient (Wildman–Crippen LogP) is 3.76. The number of aryl methyl sites for hydroxylation is 1. The van der Waals surface area contributed by atoms with Crippen LogP contribution in [0.25, 0.3) is 0 Å². The van der Waals surface area contributed by atoms with Crippen molar-refractivity contribution in [2.24, 2.45) is 0 Å². The van der Waals surface area contributed by atoms with Gasteiger partial charge in [0.25, 0.3) is 5.91 Å². The Morgan fingerprint density at radius 1 is 1.07 bits per heavy atom. The molecule has 5 nitrogen and oxygen atoms in total. The fourth-order valence-electron chi connectivity index (χ4n) is 3.44. The van der Waals surface area contributed by atoms with Gasteiger partial charge in [-0.25, -0.2) is 0 Å². The number of ether oxygens (including phenoxy) is 2. The van der Waals surface area contributed by atoms with Crippen LogP contribution < -0.4 is 14.8 Å². The minimum atomic E-state index is -0.128. The zero-order chi connectivity index (χ0) is 19.1. The number of para-hydroxylation sites is 2. The lowest BCUT2D eigenvalue weighted by atomic mass is 10.0. The Morgan fingerprint density at radius 3 is 2.36 bits per heavy atom. The van der Waals surface area contributed by atoms with Crippen LogP contribution in [0.1, 0.15) is 30.0 Å². The van der Waals surface area contributed by atoms with Crippen LogP contribution in [0.4, 0.5) is 0 Å². The van der Waals surface area contributed by atoms with E-state index < -0.39 is 0 Å². The average molecular weight is 405 g/mol. The molecule has 28 heavy (non-hydrogen) atoms. The largest absolute Gasteiger partial charge is 0.493 e. The van der Waals surface area contributed by atoms with Gasteiger partial charge >= 0.3 is 0 Å². The van der Waals surface area contributed by atoms with Crippen LogP contribution in [0.2, 0.25) is 0 Å². The molecule has 1 heterocycles. The van der Waals surface area contributed by atoms with E-state index in [1.54, 1.807) is 13.2 Å². The fraction of sp³-hybridized carbons (Fsp3) is 0.409. The van der Waals surface area contributed by atoms with Crippen molar-refractivity contribution in [1.82, 2.24) is 10.2 Å². The first-order chi connectivity index (χ1) is 13.2. The number of carbonyl (C=O) groups excluding carboxylic acids is 1. The molecule has 1 aliphatic rings. The van der Waals surface area contributed by atoms with Crippen LogP contribution >= 0.6 is 12.4 Å². The molecular formula is C22H29ClN2O3. The van der Waals surface area contributed by atoms with E-state index in [1.807, 2.05) is 18.2 Å². The number of amides is 1. The number of carbonyl (C=O) groups is 1. The highest BCUT2D eigenvalue weighted by molar-refractivity contribution is 5.85. The number of likely N-dealkylation sites (tertiary alicyclic amines) is 1. The Morgan fingerprint density at radius 2 is 1.71 bits per heavy atom. The Bertz CT molecular complexity index is 746. The van der Waals surface area contributed by atoms with Gasteiger partial charge in [0, 0.05) is 6.54 Å². The normalized spacial score (nSPS) is 14.8. The Kier molecular flexibility index (Phi) is 8.61. The van der Waals surface area contributed by atoms with Crippen LogP contribution in [-0.2, 0) is 4.79 Å². The van der Waals surface area contributed by atoms with E-state index in [0.29, 0.717) is 18.0 Å². The van der Waals surface area contributed by atoms with Gasteiger partial charge in [-0.1, -0.05) is 42.0 Å². The van der Waals surface area contributed by atoms with E-state index in [1.165, 1.54) is 24.0 Å². The third-order valence-electron chi connectivity index (χ3n) is 4.96. The molecule has 0 saturated carbocycles. The van der Waals surface area contributed by atoms with Crippen LogP contribution in [0.15, 0.2) is 48.5 Å². The first-order valence-electron chi connectivity index (χ1n) is 9.50. The summed E-state index contributed by atoms with van der Waals surface area (Å²) in [5, 5.41) is 3.03. The van der Waals surface area contributed by atoms with E-state index in [0.717, 1.165) is 13.1 Å². The van der Waals surface area contributed by atoms with Crippen molar-refractivity contribution in [2.45, 2.75) is 25.8 Å². The second kappa shape index (κ2) is 10.9. The molecule has 0 spiro atoms. The van der Waals surface area contributed by atoms with E-state index in [4.69, 9.17) is 9.47 Å². The maximum Gasteiger partial charge on any atom is 0.258 e. The molecule has 1 amide bonds. The number of methoxy groups -OCH3 is 1. The predicted molar refractivity (Wildman–Crippen MR) is 113 cm³/mol. The number of hydrogen-bond acceptors (Lipinski definition) is 4. The molecule has 1 N–H and O–H groups in total. The van der Waals surface area contributed by atoms with Crippen LogP contribution in [-0.4, -0.2) is 44.2 Å². The average Bonchev–Trinajstić information content (AvgIpc) is 3.22. The quantitative estimate of drug-likeness (QED) is 0.727. The van der Waals surface area contributed by atoms with Gasteiger partial charge in [0.15, 0.2) is 18.1 Å². The molecule has 1 saturated heterocycles. The standard InChI is InChI=1S/C22H28N2O3.ClH/c1-17-9-11-18(12-10-17)19(24-13-5-6-14-24)15-23-22(25)16-27-21-8-4-3-7-20(21)26-2;/h3-4,7-12,19H,5-6,13-16H2,1-2H3,(H,23,25);1H. The highest BCUT2D eigenvalue weighted by Gasteiger charge is 2.24. The molecule has 2 aromatic rings. The summed E-state index contributed by atoms with van der Waals surface area (Å²) < 4.78 is 10.9. The molecule has 2 aromatic carbocycles. The van der Waals surface area contributed by atoms with Crippen molar-refractivity contribution < 1.29 is 14.3 Å². The van der Waals surface area contributed by atoms with Gasteiger partial charge in [0.2, 0.25) is 0 Å². The highest BCUT2D eigenvalue weighted by Crippen LogP contribution is 2.26. The number of halogens is 1. The smallest absolute Gasteiger partial charge is 0.258 e. The Hall–Kier alpha value is -2.24. The third-order valence-corrected chi connectivity index (χ3v) is 4.96. The zero-order valence-electron chi connectivity index (χ0n) is 16.5. The molecule has 3 rings (SSSR count). The number of hydrogen-bond donors (Lipinski definition) is 1. The van der Waals surface area contributed by atoms with Crippen LogP contribution in [0, 0.1) is 6.92 Å². The van der Waals surface area contributed by atoms with Crippen molar-refractivity contribution in [3.05, 3.63) is 59.7 Å². The van der Waals surface area contributed by atoms with E-state index in [-0.39, 0.29) is 31.0 Å². The molecule has 6 heteroatoms. The van der Waals surface area contributed by atoms with Crippen LogP contribution in [0.3, 0.4) is 0 Å². The number of nitrogens with zero attached hydrogens (tertiary/aromatic N) is 1. The summed E-state index contributed by atoms with van der Waals surface area (Å²) in [4.78, 5) is 14.8. The van der Waals surface area contributed by atoms with Gasteiger partial charge in [-0.3, -0.25) is 9.69 Å². The van der Waals surface area contributed by atoms with Crippen molar-refractivity contribution in [2.75, 3.05) is 33.4 Å². The SMILES string of the molecule is COc1ccccc1OCC(=O)NCC(c1ccc(C)cc1)N1CCCC1.Cl. The summed E-state index contributed by atoms with van der Waals surface area (Å²) in [6, 6.07) is 16.1. The van der Waals surface area contributed by atoms with Gasteiger partial charge in [-0.2, -0.15) is 0 Å². The maximum atomic E-state index is 12.3. The molecule has 1 atom stereocenters. The van der Waals surface area contributed by atoms with Crippen molar-refractivity contribution in [1.29, 1.82) is 0 Å². The Labute approximate surface area is 173 Å².